The van der Waals surface area contributed by atoms with E-state index in [1.165, 1.54) is 11.6 Å². The molecule has 7 heteroatoms. The third-order valence-corrected chi connectivity index (χ3v) is 7.73. The van der Waals surface area contributed by atoms with Crippen molar-refractivity contribution in [2.45, 2.75) is 30.1 Å². The third-order valence-electron chi connectivity index (χ3n) is 5.61. The van der Waals surface area contributed by atoms with Gasteiger partial charge in [-0.15, -0.1) is 0 Å². The molecule has 6 nitrogen and oxygen atoms in total. The molecule has 0 heterocycles. The number of amides is 2. The first-order chi connectivity index (χ1) is 17.0. The maximum absolute atomic E-state index is 13.1. The van der Waals surface area contributed by atoms with Crippen LogP contribution in [-0.2, 0) is 9.53 Å². The summed E-state index contributed by atoms with van der Waals surface area (Å²) in [7, 11) is 1.34. The van der Waals surface area contributed by atoms with Crippen molar-refractivity contribution in [1.29, 1.82) is 0 Å². The fraction of sp³-hybridized carbons (Fsp3) is 0.250. The van der Waals surface area contributed by atoms with Crippen LogP contribution >= 0.6 is 0 Å². The molecular weight excluding hydrogens is 507 g/mol. The van der Waals surface area contributed by atoms with Gasteiger partial charge in [0.2, 0.25) is 0 Å². The Kier molecular flexibility index (Phi) is 10.1. The minimum absolute atomic E-state index is 0.138. The average molecular weight is 538 g/mol. The molecule has 3 rings (SSSR count). The summed E-state index contributed by atoms with van der Waals surface area (Å²) in [6.07, 6.45) is 1.29. The first-order valence-electron chi connectivity index (χ1n) is 11.5. The van der Waals surface area contributed by atoms with Gasteiger partial charge in [0.25, 0.3) is 0 Å². The van der Waals surface area contributed by atoms with Crippen molar-refractivity contribution in [3.63, 3.8) is 0 Å². The number of carbonyl (C=O) groups excluding carboxylic acids is 3. The van der Waals surface area contributed by atoms with Crippen molar-refractivity contribution >= 4 is 37.2 Å². The summed E-state index contributed by atoms with van der Waals surface area (Å²) >= 11 is 0.138. The molecule has 182 valence electrons. The molecule has 35 heavy (non-hydrogen) atoms. The summed E-state index contributed by atoms with van der Waals surface area (Å²) in [5.74, 6) is -0.966. The Hall–Kier alpha value is -3.41. The van der Waals surface area contributed by atoms with Gasteiger partial charge >= 0.3 is 213 Å². The average Bonchev–Trinajstić information content (AvgIpc) is 2.91. The molecule has 0 bridgehead atoms. The summed E-state index contributed by atoms with van der Waals surface area (Å²) in [4.78, 5) is 38.5. The van der Waals surface area contributed by atoms with Gasteiger partial charge in [-0.25, -0.2) is 0 Å². The van der Waals surface area contributed by atoms with Crippen molar-refractivity contribution < 1.29 is 19.1 Å². The quantitative estimate of drug-likeness (QED) is 0.211. The van der Waals surface area contributed by atoms with E-state index in [2.05, 4.69) is 22.8 Å². The van der Waals surface area contributed by atoms with Gasteiger partial charge in [-0.05, 0) is 0 Å². The molecule has 0 fully saturated rings. The topological polar surface area (TPSA) is 84.5 Å². The molecule has 0 aromatic heterocycles. The van der Waals surface area contributed by atoms with Crippen LogP contribution in [0.25, 0.3) is 0 Å². The van der Waals surface area contributed by atoms with Gasteiger partial charge < -0.3 is 0 Å². The molecule has 0 spiro atoms. The number of ether oxygens (including phenoxy) is 1. The molecule has 2 N–H and O–H groups in total. The Balaban J connectivity index is 1.71. The SMILES string of the molecule is COC(=O)[C@@](CCCNC(=O)c1ccccc1)(CC[Se]c1ccccc1)NC(=O)c1ccccc1. The number of carbonyl (C=O) groups is 3. The zero-order valence-corrected chi connectivity index (χ0v) is 21.5. The number of benzene rings is 3. The van der Waals surface area contributed by atoms with E-state index in [-0.39, 0.29) is 26.8 Å². The first-order valence-corrected chi connectivity index (χ1v) is 13.6. The van der Waals surface area contributed by atoms with Gasteiger partial charge in [0.05, 0.1) is 0 Å². The molecule has 0 unspecified atom stereocenters. The number of rotatable bonds is 12. The van der Waals surface area contributed by atoms with Crippen LogP contribution in [0.5, 0.6) is 0 Å². The standard InChI is InChI=1S/C28H30N2O4Se/c1-34-27(33)28(19-21-35-24-16-9-4-10-17-24,30-26(32)23-14-7-3-8-15-23)18-11-20-29-25(31)22-12-5-2-6-13-22/h2-10,12-17H,11,18-21H2,1H3,(H,29,31)(H,30,32)/t28-/m1/s1. The molecule has 0 radical (unpaired) electrons. The van der Waals surface area contributed by atoms with Crippen molar-refractivity contribution in [2.24, 2.45) is 0 Å². The number of hydrogen-bond acceptors (Lipinski definition) is 4. The number of esters is 1. The molecule has 1 atom stereocenters. The van der Waals surface area contributed by atoms with Crippen molar-refractivity contribution in [1.82, 2.24) is 10.6 Å². The molecule has 0 aliphatic rings. The Morgan fingerprint density at radius 3 is 1.89 bits per heavy atom. The second-order valence-electron chi connectivity index (χ2n) is 8.03. The molecule has 3 aromatic carbocycles. The molecule has 0 aliphatic carbocycles. The molecule has 2 amide bonds. The van der Waals surface area contributed by atoms with E-state index < -0.39 is 11.5 Å². The Bertz CT molecular complexity index is 1090. The van der Waals surface area contributed by atoms with Crippen LogP contribution in [0.1, 0.15) is 40.0 Å². The molecule has 3 aromatic rings. The number of nitrogens with one attached hydrogen (secondary N) is 2. The van der Waals surface area contributed by atoms with Crippen LogP contribution in [0.15, 0.2) is 91.0 Å². The van der Waals surface area contributed by atoms with Gasteiger partial charge in [0, 0.05) is 0 Å². The van der Waals surface area contributed by atoms with E-state index in [1.807, 2.05) is 42.5 Å². The van der Waals surface area contributed by atoms with Gasteiger partial charge in [0.15, 0.2) is 0 Å². The Morgan fingerprint density at radius 1 is 0.771 bits per heavy atom. The summed E-state index contributed by atoms with van der Waals surface area (Å²) in [6.45, 7) is 0.373. The minimum atomic E-state index is -1.18. The summed E-state index contributed by atoms with van der Waals surface area (Å²) < 4.78 is 6.39. The summed E-state index contributed by atoms with van der Waals surface area (Å²) in [5.41, 5.74) is -0.128. The van der Waals surface area contributed by atoms with Gasteiger partial charge in [0.1, 0.15) is 0 Å². The predicted octanol–water partition coefficient (Wildman–Crippen LogP) is 3.38. The Labute approximate surface area is 212 Å². The van der Waals surface area contributed by atoms with Crippen LogP contribution in [0, 0.1) is 0 Å². The van der Waals surface area contributed by atoms with Crippen molar-refractivity contribution in [2.75, 3.05) is 13.7 Å². The van der Waals surface area contributed by atoms with Gasteiger partial charge in [-0.2, -0.15) is 0 Å². The van der Waals surface area contributed by atoms with Crippen LogP contribution in [0.3, 0.4) is 0 Å². The second kappa shape index (κ2) is 13.5. The molecular formula is C28H30N2O4Se. The fourth-order valence-electron chi connectivity index (χ4n) is 3.72. The van der Waals surface area contributed by atoms with Crippen LogP contribution in [0.2, 0.25) is 5.32 Å². The monoisotopic (exact) mass is 538 g/mol. The van der Waals surface area contributed by atoms with Crippen LogP contribution in [-0.4, -0.2) is 51.9 Å². The summed E-state index contributed by atoms with van der Waals surface area (Å²) in [6, 6.07) is 27.9. The van der Waals surface area contributed by atoms with Crippen LogP contribution < -0.4 is 15.1 Å². The molecule has 0 saturated heterocycles. The zero-order chi connectivity index (χ0) is 24.9. The second-order valence-corrected chi connectivity index (χ2v) is 10.5. The van der Waals surface area contributed by atoms with E-state index in [0.29, 0.717) is 36.9 Å². The van der Waals surface area contributed by atoms with Crippen molar-refractivity contribution in [3.8, 4) is 0 Å². The molecule has 0 aliphatic heterocycles. The van der Waals surface area contributed by atoms with E-state index in [4.69, 9.17) is 4.74 Å². The molecule has 0 saturated carbocycles. The van der Waals surface area contributed by atoms with E-state index in [0.717, 1.165) is 5.32 Å². The van der Waals surface area contributed by atoms with E-state index in [9.17, 15) is 14.4 Å². The van der Waals surface area contributed by atoms with Crippen molar-refractivity contribution in [3.05, 3.63) is 102 Å². The normalized spacial score (nSPS) is 12.3. The predicted molar refractivity (Wildman–Crippen MR) is 138 cm³/mol. The Morgan fingerprint density at radius 2 is 1.31 bits per heavy atom. The third kappa shape index (κ3) is 7.81. The van der Waals surface area contributed by atoms with Crippen LogP contribution in [0.4, 0.5) is 0 Å². The first kappa shape index (κ1) is 26.2. The van der Waals surface area contributed by atoms with Gasteiger partial charge in [-0.1, -0.05) is 0 Å². The summed E-state index contributed by atoms with van der Waals surface area (Å²) in [5, 5.41) is 6.63. The van der Waals surface area contributed by atoms with Gasteiger partial charge in [-0.3, -0.25) is 0 Å². The number of methoxy groups -OCH3 is 1. The zero-order valence-electron chi connectivity index (χ0n) is 19.7. The van der Waals surface area contributed by atoms with E-state index >= 15 is 0 Å². The fourth-order valence-corrected chi connectivity index (χ4v) is 5.90. The number of hydrogen-bond donors (Lipinski definition) is 2. The maximum atomic E-state index is 13.1. The van der Waals surface area contributed by atoms with E-state index in [1.54, 1.807) is 36.4 Å².